The smallest absolute Gasteiger partial charge is 0.244 e. The first kappa shape index (κ1) is 20.2. The summed E-state index contributed by atoms with van der Waals surface area (Å²) in [6.45, 7) is 1.78. The molecule has 2 heterocycles. The molecule has 0 spiro atoms. The number of hydrogen-bond acceptors (Lipinski definition) is 4. The number of hydrogen-bond donors (Lipinski definition) is 1. The van der Waals surface area contributed by atoms with Gasteiger partial charge in [0.25, 0.3) is 0 Å². The maximum Gasteiger partial charge on any atom is 0.244 e. The molecule has 7 heteroatoms. The Hall–Kier alpha value is -4.13. The summed E-state index contributed by atoms with van der Waals surface area (Å²) >= 11 is 0. The van der Waals surface area contributed by atoms with Crippen LogP contribution in [0.5, 0.6) is 0 Å². The summed E-state index contributed by atoms with van der Waals surface area (Å²) < 4.78 is 15.3. The zero-order chi connectivity index (χ0) is 22.0. The van der Waals surface area contributed by atoms with Crippen LogP contribution in [0.2, 0.25) is 0 Å². The summed E-state index contributed by atoms with van der Waals surface area (Å²) in [6.07, 6.45) is 4.24. The Morgan fingerprint density at radius 2 is 1.74 bits per heavy atom. The van der Waals surface area contributed by atoms with Crippen molar-refractivity contribution in [1.82, 2.24) is 9.55 Å². The van der Waals surface area contributed by atoms with Gasteiger partial charge in [0.2, 0.25) is 11.3 Å². The second-order valence-electron chi connectivity index (χ2n) is 7.14. The second-order valence-corrected chi connectivity index (χ2v) is 7.14. The Balaban J connectivity index is 1.76. The highest BCUT2D eigenvalue weighted by Gasteiger charge is 2.18. The molecule has 0 saturated heterocycles. The van der Waals surface area contributed by atoms with E-state index in [1.54, 1.807) is 12.1 Å². The minimum absolute atomic E-state index is 0.0306. The van der Waals surface area contributed by atoms with Gasteiger partial charge in [-0.05, 0) is 49.4 Å². The van der Waals surface area contributed by atoms with Gasteiger partial charge in [-0.15, -0.1) is 0 Å². The van der Waals surface area contributed by atoms with Crippen molar-refractivity contribution >= 4 is 28.3 Å². The van der Waals surface area contributed by atoms with Crippen LogP contribution >= 0.6 is 0 Å². The molecule has 4 aromatic rings. The van der Waals surface area contributed by atoms with Crippen molar-refractivity contribution in [3.05, 3.63) is 106 Å². The zero-order valence-electron chi connectivity index (χ0n) is 16.6. The number of rotatable bonds is 5. The van der Waals surface area contributed by atoms with Crippen LogP contribution in [0.15, 0.2) is 78.0 Å². The molecule has 6 nitrogen and oxygen atoms in total. The topological polar surface area (TPSA) is 81.1 Å². The molecule has 2 aromatic heterocycles. The molecular weight excluding hydrogens is 397 g/mol. The van der Waals surface area contributed by atoms with Gasteiger partial charge >= 0.3 is 0 Å². The van der Waals surface area contributed by atoms with Crippen molar-refractivity contribution in [2.75, 3.05) is 5.32 Å². The summed E-state index contributed by atoms with van der Waals surface area (Å²) in [6, 6.07) is 14.0. The molecule has 0 fully saturated rings. The van der Waals surface area contributed by atoms with Crippen molar-refractivity contribution in [3.8, 4) is 0 Å². The highest BCUT2D eigenvalue weighted by Crippen LogP contribution is 2.17. The van der Waals surface area contributed by atoms with E-state index in [0.717, 1.165) is 11.6 Å². The molecule has 0 bridgehead atoms. The highest BCUT2D eigenvalue weighted by molar-refractivity contribution is 6.10. The largest absolute Gasteiger partial charge is 0.337 e. The molecular formula is C24H18FN3O3. The molecule has 0 atom stereocenters. The van der Waals surface area contributed by atoms with E-state index in [2.05, 4.69) is 10.3 Å². The minimum atomic E-state index is -0.603. The first-order chi connectivity index (χ1) is 14.9. The fourth-order valence-corrected chi connectivity index (χ4v) is 3.31. The summed E-state index contributed by atoms with van der Waals surface area (Å²) in [7, 11) is 0. The highest BCUT2D eigenvalue weighted by atomic mass is 19.1. The molecule has 154 valence electrons. The van der Waals surface area contributed by atoms with Gasteiger partial charge < -0.3 is 9.88 Å². The number of amides is 1. The van der Waals surface area contributed by atoms with E-state index in [-0.39, 0.29) is 29.0 Å². The molecule has 31 heavy (non-hydrogen) atoms. The van der Waals surface area contributed by atoms with E-state index in [1.807, 2.05) is 19.1 Å². The molecule has 0 unspecified atom stereocenters. The number of fused-ring (bicyclic) bond motifs is 1. The third-order valence-corrected chi connectivity index (χ3v) is 4.88. The normalized spacial score (nSPS) is 10.8. The number of aromatic nitrogens is 2. The summed E-state index contributed by atoms with van der Waals surface area (Å²) in [4.78, 5) is 42.4. The number of halogens is 1. The van der Waals surface area contributed by atoms with Gasteiger partial charge in [0.15, 0.2) is 5.78 Å². The number of carbonyl (C=O) groups excluding carboxylic acids is 2. The van der Waals surface area contributed by atoms with E-state index in [4.69, 9.17) is 0 Å². The SMILES string of the molecule is Cc1ccc(NC(=O)Cn2cc(C(=O)c3ccncc3)c(=O)c3cc(F)ccc32)cc1. The molecule has 0 aliphatic rings. The number of aryl methyl sites for hydroxylation is 1. The average Bonchev–Trinajstić information content (AvgIpc) is 2.77. The zero-order valence-corrected chi connectivity index (χ0v) is 16.6. The average molecular weight is 415 g/mol. The molecule has 1 amide bonds. The van der Waals surface area contributed by atoms with Crippen LogP contribution in [-0.2, 0) is 11.3 Å². The maximum absolute atomic E-state index is 13.9. The fourth-order valence-electron chi connectivity index (χ4n) is 3.31. The summed E-state index contributed by atoms with van der Waals surface area (Å²) in [5, 5.41) is 2.81. The lowest BCUT2D eigenvalue weighted by Crippen LogP contribution is -2.24. The lowest BCUT2D eigenvalue weighted by Gasteiger charge is -2.14. The molecule has 0 radical (unpaired) electrons. The van der Waals surface area contributed by atoms with Gasteiger partial charge in [0.1, 0.15) is 12.4 Å². The van der Waals surface area contributed by atoms with Crippen LogP contribution in [0.4, 0.5) is 10.1 Å². The lowest BCUT2D eigenvalue weighted by molar-refractivity contribution is -0.116. The first-order valence-corrected chi connectivity index (χ1v) is 9.56. The number of nitrogens with zero attached hydrogens (tertiary/aromatic N) is 2. The third-order valence-electron chi connectivity index (χ3n) is 4.88. The minimum Gasteiger partial charge on any atom is -0.337 e. The van der Waals surface area contributed by atoms with Gasteiger partial charge in [-0.2, -0.15) is 0 Å². The molecule has 2 aromatic carbocycles. The molecule has 4 rings (SSSR count). The van der Waals surface area contributed by atoms with Crippen molar-refractivity contribution < 1.29 is 14.0 Å². The van der Waals surface area contributed by atoms with E-state index in [1.165, 1.54) is 47.4 Å². The molecule has 0 saturated carbocycles. The van der Waals surface area contributed by atoms with Gasteiger partial charge in [0, 0.05) is 35.2 Å². The lowest BCUT2D eigenvalue weighted by atomic mass is 10.0. The Morgan fingerprint density at radius 3 is 2.45 bits per heavy atom. The molecule has 0 aliphatic carbocycles. The number of nitrogens with one attached hydrogen (secondary N) is 1. The Bertz CT molecular complexity index is 1350. The van der Waals surface area contributed by atoms with E-state index in [9.17, 15) is 18.8 Å². The van der Waals surface area contributed by atoms with Crippen LogP contribution in [0.25, 0.3) is 10.9 Å². The number of pyridine rings is 2. The maximum atomic E-state index is 13.9. The summed E-state index contributed by atoms with van der Waals surface area (Å²) in [5.41, 5.74) is 1.58. The van der Waals surface area contributed by atoms with Crippen LogP contribution in [-0.4, -0.2) is 21.2 Å². The molecule has 1 N–H and O–H groups in total. The quantitative estimate of drug-likeness (QED) is 0.504. The van der Waals surface area contributed by atoms with Crippen molar-refractivity contribution in [2.24, 2.45) is 0 Å². The third kappa shape index (κ3) is 4.25. The predicted octanol–water partition coefficient (Wildman–Crippen LogP) is 3.71. The first-order valence-electron chi connectivity index (χ1n) is 9.56. The van der Waals surface area contributed by atoms with E-state index < -0.39 is 17.0 Å². The van der Waals surface area contributed by atoms with Crippen molar-refractivity contribution in [1.29, 1.82) is 0 Å². The monoisotopic (exact) mass is 415 g/mol. The predicted molar refractivity (Wildman–Crippen MR) is 116 cm³/mol. The second kappa shape index (κ2) is 8.31. The number of benzene rings is 2. The Kier molecular flexibility index (Phi) is 5.41. The van der Waals surface area contributed by atoms with E-state index in [0.29, 0.717) is 11.2 Å². The summed E-state index contributed by atoms with van der Waals surface area (Å²) in [5.74, 6) is -1.47. The van der Waals surface area contributed by atoms with Crippen molar-refractivity contribution in [2.45, 2.75) is 13.5 Å². The van der Waals surface area contributed by atoms with Gasteiger partial charge in [-0.3, -0.25) is 19.4 Å². The Labute approximate surface area is 177 Å². The van der Waals surface area contributed by atoms with E-state index >= 15 is 0 Å². The van der Waals surface area contributed by atoms with Crippen LogP contribution in [0.1, 0.15) is 21.5 Å². The van der Waals surface area contributed by atoms with Gasteiger partial charge in [-0.1, -0.05) is 17.7 Å². The van der Waals surface area contributed by atoms with Crippen LogP contribution in [0.3, 0.4) is 0 Å². The number of anilines is 1. The van der Waals surface area contributed by atoms with Gasteiger partial charge in [-0.25, -0.2) is 4.39 Å². The van der Waals surface area contributed by atoms with Crippen LogP contribution < -0.4 is 10.7 Å². The fraction of sp³-hybridized carbons (Fsp3) is 0.0833. The Morgan fingerprint density at radius 1 is 1.03 bits per heavy atom. The van der Waals surface area contributed by atoms with Crippen LogP contribution in [0, 0.1) is 12.7 Å². The van der Waals surface area contributed by atoms with Crippen molar-refractivity contribution in [3.63, 3.8) is 0 Å². The molecule has 0 aliphatic heterocycles. The standard InChI is InChI=1S/C24H18FN3O3/c1-15-2-5-18(6-3-15)27-22(29)14-28-13-20(23(30)16-8-10-26-11-9-16)24(31)19-12-17(25)4-7-21(19)28/h2-13H,14H2,1H3,(H,27,29). The number of carbonyl (C=O) groups is 2. The van der Waals surface area contributed by atoms with Gasteiger partial charge in [0.05, 0.1) is 11.1 Å². The number of ketones is 1.